The lowest BCUT2D eigenvalue weighted by molar-refractivity contribution is 0.0697. The highest BCUT2D eigenvalue weighted by Crippen LogP contribution is 2.35. The predicted molar refractivity (Wildman–Crippen MR) is 75.2 cm³/mol. The van der Waals surface area contributed by atoms with Gasteiger partial charge in [0.2, 0.25) is 6.79 Å². The van der Waals surface area contributed by atoms with Gasteiger partial charge in [-0.1, -0.05) is 12.1 Å². The highest BCUT2D eigenvalue weighted by molar-refractivity contribution is 5.87. The minimum absolute atomic E-state index is 0.245. The normalized spacial score (nSPS) is 12.2. The Kier molecular flexibility index (Phi) is 3.64. The second-order valence-electron chi connectivity index (χ2n) is 4.62. The maximum atomic E-state index is 10.8. The molecule has 1 aliphatic heterocycles. The smallest absolute Gasteiger partial charge is 0.335 e. The molecule has 0 aromatic heterocycles. The third-order valence-electron chi connectivity index (χ3n) is 3.20. The number of aromatic carboxylic acids is 1. The summed E-state index contributed by atoms with van der Waals surface area (Å²) in [5.74, 6) is 1.23. The van der Waals surface area contributed by atoms with E-state index in [2.05, 4.69) is 0 Å². The van der Waals surface area contributed by atoms with Crippen LogP contribution in [0.2, 0.25) is 0 Å². The second kappa shape index (κ2) is 5.75. The summed E-state index contributed by atoms with van der Waals surface area (Å²) in [6.45, 7) is 0.751. The quantitative estimate of drug-likeness (QED) is 0.915. The van der Waals surface area contributed by atoms with E-state index in [0.29, 0.717) is 18.8 Å². The number of fused-ring (bicyclic) bond motifs is 1. The van der Waals surface area contributed by atoms with Crippen molar-refractivity contribution in [2.45, 2.75) is 6.42 Å². The molecule has 5 nitrogen and oxygen atoms in total. The molecule has 0 aliphatic carbocycles. The molecule has 0 atom stereocenters. The average Bonchev–Trinajstić information content (AvgIpc) is 2.95. The molecule has 0 saturated carbocycles. The van der Waals surface area contributed by atoms with Crippen molar-refractivity contribution < 1.29 is 24.1 Å². The van der Waals surface area contributed by atoms with Crippen LogP contribution in [-0.4, -0.2) is 24.5 Å². The van der Waals surface area contributed by atoms with Crippen molar-refractivity contribution in [2.75, 3.05) is 13.4 Å². The third-order valence-corrected chi connectivity index (χ3v) is 3.20. The summed E-state index contributed by atoms with van der Waals surface area (Å²) in [6.07, 6.45) is 0.703. The van der Waals surface area contributed by atoms with E-state index < -0.39 is 5.97 Å². The maximum absolute atomic E-state index is 10.8. The van der Waals surface area contributed by atoms with Gasteiger partial charge in [-0.05, 0) is 29.8 Å². The molecule has 1 N–H and O–H groups in total. The minimum Gasteiger partial charge on any atom is -0.493 e. The van der Waals surface area contributed by atoms with Crippen molar-refractivity contribution in [1.82, 2.24) is 0 Å². The van der Waals surface area contributed by atoms with Gasteiger partial charge in [-0.2, -0.15) is 0 Å². The van der Waals surface area contributed by atoms with Crippen molar-refractivity contribution >= 4 is 5.97 Å². The summed E-state index contributed by atoms with van der Waals surface area (Å²) in [6, 6.07) is 12.2. The van der Waals surface area contributed by atoms with Crippen molar-refractivity contribution in [3.8, 4) is 17.2 Å². The monoisotopic (exact) mass is 286 g/mol. The summed E-state index contributed by atoms with van der Waals surface area (Å²) in [5.41, 5.74) is 1.32. The lowest BCUT2D eigenvalue weighted by atomic mass is 10.1. The van der Waals surface area contributed by atoms with Crippen LogP contribution in [0.4, 0.5) is 0 Å². The molecule has 0 saturated heterocycles. The first-order chi connectivity index (χ1) is 10.2. The first-order valence-corrected chi connectivity index (χ1v) is 6.57. The Morgan fingerprint density at radius 1 is 1.10 bits per heavy atom. The fourth-order valence-electron chi connectivity index (χ4n) is 2.07. The van der Waals surface area contributed by atoms with Crippen LogP contribution in [0.25, 0.3) is 0 Å². The Balaban J connectivity index is 1.55. The van der Waals surface area contributed by atoms with Crippen LogP contribution in [-0.2, 0) is 6.42 Å². The molecule has 3 rings (SSSR count). The molecule has 2 aromatic rings. The Hall–Kier alpha value is -2.69. The van der Waals surface area contributed by atoms with E-state index in [1.54, 1.807) is 30.3 Å². The lowest BCUT2D eigenvalue weighted by Gasteiger charge is -2.07. The molecule has 5 heteroatoms. The minimum atomic E-state index is -0.918. The Bertz CT molecular complexity index is 648. The molecule has 0 spiro atoms. The van der Waals surface area contributed by atoms with Gasteiger partial charge in [0.15, 0.2) is 11.5 Å². The fourth-order valence-corrected chi connectivity index (χ4v) is 2.07. The number of hydrogen-bond acceptors (Lipinski definition) is 4. The number of hydrogen-bond donors (Lipinski definition) is 1. The van der Waals surface area contributed by atoms with E-state index in [9.17, 15) is 4.79 Å². The molecular formula is C16H14O5. The standard InChI is InChI=1S/C16H14O5/c17-16(18)12-3-1-11(2-4-12)7-8-19-13-5-6-14-15(9-13)21-10-20-14/h1-6,9H,7-8,10H2,(H,17,18). The highest BCUT2D eigenvalue weighted by atomic mass is 16.7. The second-order valence-corrected chi connectivity index (χ2v) is 4.62. The van der Waals surface area contributed by atoms with E-state index in [1.165, 1.54) is 0 Å². The zero-order chi connectivity index (χ0) is 14.7. The molecule has 2 aromatic carbocycles. The third kappa shape index (κ3) is 3.08. The van der Waals surface area contributed by atoms with Crippen LogP contribution in [0.3, 0.4) is 0 Å². The number of carbonyl (C=O) groups is 1. The van der Waals surface area contributed by atoms with E-state index in [0.717, 1.165) is 17.1 Å². The summed E-state index contributed by atoms with van der Waals surface area (Å²) >= 11 is 0. The summed E-state index contributed by atoms with van der Waals surface area (Å²) in [7, 11) is 0. The molecule has 0 amide bonds. The molecular weight excluding hydrogens is 272 g/mol. The van der Waals surface area contributed by atoms with Crippen LogP contribution in [0.1, 0.15) is 15.9 Å². The molecule has 0 radical (unpaired) electrons. The van der Waals surface area contributed by atoms with E-state index in [-0.39, 0.29) is 12.4 Å². The van der Waals surface area contributed by atoms with Gasteiger partial charge in [-0.15, -0.1) is 0 Å². The van der Waals surface area contributed by atoms with Gasteiger partial charge in [0.1, 0.15) is 5.75 Å². The van der Waals surface area contributed by atoms with Crippen molar-refractivity contribution in [2.24, 2.45) is 0 Å². The Labute approximate surface area is 121 Å². The Morgan fingerprint density at radius 2 is 1.86 bits per heavy atom. The van der Waals surface area contributed by atoms with Crippen LogP contribution < -0.4 is 14.2 Å². The SMILES string of the molecule is O=C(O)c1ccc(CCOc2ccc3c(c2)OCO3)cc1. The maximum Gasteiger partial charge on any atom is 0.335 e. The van der Waals surface area contributed by atoms with E-state index in [1.807, 2.05) is 12.1 Å². The predicted octanol–water partition coefficient (Wildman–Crippen LogP) is 2.74. The van der Waals surface area contributed by atoms with E-state index in [4.69, 9.17) is 19.3 Å². The van der Waals surface area contributed by atoms with Crippen LogP contribution >= 0.6 is 0 Å². The van der Waals surface area contributed by atoms with Gasteiger partial charge in [-0.3, -0.25) is 0 Å². The number of rotatable bonds is 5. The average molecular weight is 286 g/mol. The molecule has 0 bridgehead atoms. The first-order valence-electron chi connectivity index (χ1n) is 6.57. The summed E-state index contributed by atoms with van der Waals surface area (Å²) < 4.78 is 16.2. The number of carboxylic acid groups (broad SMARTS) is 1. The van der Waals surface area contributed by atoms with Crippen LogP contribution in [0.5, 0.6) is 17.2 Å². The molecule has 21 heavy (non-hydrogen) atoms. The topological polar surface area (TPSA) is 65.0 Å². The lowest BCUT2D eigenvalue weighted by Crippen LogP contribution is -2.02. The summed E-state index contributed by atoms with van der Waals surface area (Å²) in [5, 5.41) is 8.83. The van der Waals surface area contributed by atoms with E-state index >= 15 is 0 Å². The van der Waals surface area contributed by atoms with Gasteiger partial charge in [0.05, 0.1) is 12.2 Å². The van der Waals surface area contributed by atoms with Crippen molar-refractivity contribution in [1.29, 1.82) is 0 Å². The van der Waals surface area contributed by atoms with Gasteiger partial charge in [0, 0.05) is 12.5 Å². The fraction of sp³-hybridized carbons (Fsp3) is 0.188. The zero-order valence-electron chi connectivity index (χ0n) is 11.2. The number of benzene rings is 2. The van der Waals surface area contributed by atoms with Crippen molar-refractivity contribution in [3.63, 3.8) is 0 Å². The van der Waals surface area contributed by atoms with Crippen molar-refractivity contribution in [3.05, 3.63) is 53.6 Å². The molecule has 0 unspecified atom stereocenters. The van der Waals surface area contributed by atoms with Gasteiger partial charge in [0.25, 0.3) is 0 Å². The largest absolute Gasteiger partial charge is 0.493 e. The number of ether oxygens (including phenoxy) is 3. The Morgan fingerprint density at radius 3 is 2.62 bits per heavy atom. The molecule has 0 fully saturated rings. The highest BCUT2D eigenvalue weighted by Gasteiger charge is 2.13. The van der Waals surface area contributed by atoms with Crippen LogP contribution in [0.15, 0.2) is 42.5 Å². The zero-order valence-corrected chi connectivity index (χ0v) is 11.2. The van der Waals surface area contributed by atoms with Crippen LogP contribution in [0, 0.1) is 0 Å². The summed E-state index contributed by atoms with van der Waals surface area (Å²) in [4.78, 5) is 10.8. The van der Waals surface area contributed by atoms with Gasteiger partial charge >= 0.3 is 5.97 Å². The number of carboxylic acids is 1. The molecule has 1 aliphatic rings. The first kappa shape index (κ1) is 13.3. The molecule has 1 heterocycles. The molecule has 108 valence electrons. The van der Waals surface area contributed by atoms with Gasteiger partial charge in [-0.25, -0.2) is 4.79 Å². The van der Waals surface area contributed by atoms with Gasteiger partial charge < -0.3 is 19.3 Å².